The average Bonchev–Trinajstić information content (AvgIpc) is 2.61. The summed E-state index contributed by atoms with van der Waals surface area (Å²) >= 11 is 0. The summed E-state index contributed by atoms with van der Waals surface area (Å²) in [6.07, 6.45) is 3.69. The van der Waals surface area contributed by atoms with E-state index in [1.807, 2.05) is 26.8 Å². The first-order valence-corrected chi connectivity index (χ1v) is 10.1. The van der Waals surface area contributed by atoms with Crippen LogP contribution in [0, 0.1) is 0 Å². The van der Waals surface area contributed by atoms with Crippen LogP contribution in [-0.4, -0.2) is 47.3 Å². The van der Waals surface area contributed by atoms with Gasteiger partial charge in [-0.3, -0.25) is 4.90 Å². The number of carbonyl (C=O) groups excluding carboxylic acids is 2. The predicted molar refractivity (Wildman–Crippen MR) is 107 cm³/mol. The van der Waals surface area contributed by atoms with Crippen molar-refractivity contribution >= 4 is 12.1 Å². The van der Waals surface area contributed by atoms with Gasteiger partial charge in [-0.2, -0.15) is 0 Å². The Kier molecular flexibility index (Phi) is 5.98. The first-order chi connectivity index (χ1) is 13.2. The number of alkyl carbamates (subject to hydrolysis) is 1. The van der Waals surface area contributed by atoms with Crippen molar-refractivity contribution in [3.63, 3.8) is 0 Å². The number of nitrogens with one attached hydrogen (secondary N) is 1. The molecule has 154 valence electrons. The third kappa shape index (κ3) is 4.66. The Morgan fingerprint density at radius 3 is 2.29 bits per heavy atom. The van der Waals surface area contributed by atoms with Crippen LogP contribution in [0.2, 0.25) is 0 Å². The normalized spacial score (nSPS) is 27.7. The number of carbonyl (C=O) groups is 2. The van der Waals surface area contributed by atoms with E-state index in [0.717, 1.165) is 25.8 Å². The van der Waals surface area contributed by atoms with Gasteiger partial charge in [-0.1, -0.05) is 36.8 Å². The van der Waals surface area contributed by atoms with E-state index in [9.17, 15) is 9.59 Å². The highest BCUT2D eigenvalue weighted by Crippen LogP contribution is 2.40. The van der Waals surface area contributed by atoms with Gasteiger partial charge in [0.05, 0.1) is 7.11 Å². The number of hydrogen-bond donors (Lipinski definition) is 1. The Morgan fingerprint density at radius 2 is 1.75 bits per heavy atom. The van der Waals surface area contributed by atoms with Crippen LogP contribution in [0.1, 0.15) is 58.4 Å². The van der Waals surface area contributed by atoms with Crippen molar-refractivity contribution in [3.05, 3.63) is 35.9 Å². The molecule has 2 bridgehead atoms. The maximum atomic E-state index is 12.8. The third-order valence-electron chi connectivity index (χ3n) is 5.71. The molecule has 1 N–H and O–H groups in total. The lowest BCUT2D eigenvalue weighted by Crippen LogP contribution is -2.67. The summed E-state index contributed by atoms with van der Waals surface area (Å²) in [6, 6.07) is 10.8. The smallest absolute Gasteiger partial charge is 0.408 e. The molecule has 2 atom stereocenters. The summed E-state index contributed by atoms with van der Waals surface area (Å²) in [6.45, 7) is 6.30. The Bertz CT molecular complexity index is 684. The van der Waals surface area contributed by atoms with E-state index in [-0.39, 0.29) is 18.1 Å². The SMILES string of the molecule is COC(=O)C1(NC(=O)OC(C)(C)C)CC2CCCC(C1)N2Cc1ccccc1. The minimum atomic E-state index is -1.03. The van der Waals surface area contributed by atoms with E-state index in [4.69, 9.17) is 9.47 Å². The molecule has 2 unspecified atom stereocenters. The van der Waals surface area contributed by atoms with Crippen molar-refractivity contribution in [2.24, 2.45) is 0 Å². The number of nitrogens with zero attached hydrogens (tertiary/aromatic N) is 1. The van der Waals surface area contributed by atoms with Crippen molar-refractivity contribution in [1.29, 1.82) is 0 Å². The molecule has 1 amide bonds. The molecule has 2 aliphatic rings. The Hall–Kier alpha value is -2.08. The van der Waals surface area contributed by atoms with Gasteiger partial charge >= 0.3 is 12.1 Å². The number of rotatable bonds is 4. The van der Waals surface area contributed by atoms with Crippen LogP contribution >= 0.6 is 0 Å². The van der Waals surface area contributed by atoms with E-state index < -0.39 is 17.2 Å². The van der Waals surface area contributed by atoms with Gasteiger partial charge in [0.15, 0.2) is 0 Å². The summed E-state index contributed by atoms with van der Waals surface area (Å²) in [7, 11) is 1.38. The van der Waals surface area contributed by atoms with E-state index in [0.29, 0.717) is 12.8 Å². The van der Waals surface area contributed by atoms with Gasteiger partial charge in [0.2, 0.25) is 0 Å². The standard InChI is InChI=1S/C22H32N2O4/c1-21(2,3)28-20(26)23-22(19(25)27-4)13-17-11-8-12-18(14-22)24(17)15-16-9-6-5-7-10-16/h5-7,9-10,17-18H,8,11-15H2,1-4H3,(H,23,26). The van der Waals surface area contributed by atoms with Crippen LogP contribution in [0.25, 0.3) is 0 Å². The number of ether oxygens (including phenoxy) is 2. The van der Waals surface area contributed by atoms with Gasteiger partial charge in [0.25, 0.3) is 0 Å². The molecule has 6 heteroatoms. The largest absolute Gasteiger partial charge is 0.467 e. The monoisotopic (exact) mass is 388 g/mol. The lowest BCUT2D eigenvalue weighted by molar-refractivity contribution is -0.155. The predicted octanol–water partition coefficient (Wildman–Crippen LogP) is 3.64. The third-order valence-corrected chi connectivity index (χ3v) is 5.71. The summed E-state index contributed by atoms with van der Waals surface area (Å²) < 4.78 is 10.5. The van der Waals surface area contributed by atoms with Crippen LogP contribution in [0.15, 0.2) is 30.3 Å². The van der Waals surface area contributed by atoms with Crippen molar-refractivity contribution in [1.82, 2.24) is 10.2 Å². The molecule has 0 spiro atoms. The summed E-state index contributed by atoms with van der Waals surface area (Å²) in [5, 5.41) is 2.89. The maximum absolute atomic E-state index is 12.8. The second-order valence-electron chi connectivity index (χ2n) is 9.01. The second-order valence-corrected chi connectivity index (χ2v) is 9.01. The molecule has 1 aromatic rings. The lowest BCUT2D eigenvalue weighted by atomic mass is 9.73. The molecule has 6 nitrogen and oxygen atoms in total. The Balaban J connectivity index is 1.80. The molecular formula is C22H32N2O4. The quantitative estimate of drug-likeness (QED) is 0.798. The zero-order chi connectivity index (χ0) is 20.4. The zero-order valence-corrected chi connectivity index (χ0v) is 17.4. The molecule has 2 heterocycles. The number of esters is 1. The Labute approximate surface area is 167 Å². The van der Waals surface area contributed by atoms with Crippen molar-refractivity contribution in [3.8, 4) is 0 Å². The molecular weight excluding hydrogens is 356 g/mol. The summed E-state index contributed by atoms with van der Waals surface area (Å²) in [4.78, 5) is 27.8. The van der Waals surface area contributed by atoms with E-state index in [1.54, 1.807) is 0 Å². The molecule has 2 aliphatic heterocycles. The number of piperidine rings is 2. The molecule has 2 fully saturated rings. The van der Waals surface area contributed by atoms with E-state index >= 15 is 0 Å². The van der Waals surface area contributed by atoms with Gasteiger partial charge in [0, 0.05) is 18.6 Å². The van der Waals surface area contributed by atoms with Crippen LogP contribution in [0.4, 0.5) is 4.79 Å². The van der Waals surface area contributed by atoms with Crippen LogP contribution in [0.3, 0.4) is 0 Å². The summed E-state index contributed by atoms with van der Waals surface area (Å²) in [5.74, 6) is -0.380. The average molecular weight is 389 g/mol. The number of methoxy groups -OCH3 is 1. The second kappa shape index (κ2) is 8.11. The van der Waals surface area contributed by atoms with Crippen LogP contribution in [0.5, 0.6) is 0 Å². The fourth-order valence-corrected chi connectivity index (χ4v) is 4.61. The van der Waals surface area contributed by atoms with Gasteiger partial charge in [0.1, 0.15) is 11.1 Å². The first-order valence-electron chi connectivity index (χ1n) is 10.1. The fourth-order valence-electron chi connectivity index (χ4n) is 4.61. The highest BCUT2D eigenvalue weighted by molar-refractivity contribution is 5.86. The molecule has 28 heavy (non-hydrogen) atoms. The van der Waals surface area contributed by atoms with Crippen molar-refractivity contribution < 1.29 is 19.1 Å². The number of fused-ring (bicyclic) bond motifs is 2. The molecule has 0 radical (unpaired) electrons. The first kappa shape index (κ1) is 20.6. The number of hydrogen-bond acceptors (Lipinski definition) is 5. The molecule has 0 aromatic heterocycles. The van der Waals surface area contributed by atoms with E-state index in [1.165, 1.54) is 12.7 Å². The molecule has 2 saturated heterocycles. The van der Waals surface area contributed by atoms with Gasteiger partial charge in [-0.25, -0.2) is 9.59 Å². The minimum Gasteiger partial charge on any atom is -0.467 e. The van der Waals surface area contributed by atoms with Crippen LogP contribution < -0.4 is 5.32 Å². The molecule has 3 rings (SSSR count). The lowest BCUT2D eigenvalue weighted by Gasteiger charge is -2.52. The highest BCUT2D eigenvalue weighted by Gasteiger charge is 2.52. The summed E-state index contributed by atoms with van der Waals surface area (Å²) in [5.41, 5.74) is -0.379. The fraction of sp³-hybridized carbons (Fsp3) is 0.636. The van der Waals surface area contributed by atoms with Crippen molar-refractivity contribution in [2.75, 3.05) is 7.11 Å². The van der Waals surface area contributed by atoms with Crippen molar-refractivity contribution in [2.45, 2.75) is 82.6 Å². The Morgan fingerprint density at radius 1 is 1.14 bits per heavy atom. The molecule has 1 aromatic carbocycles. The molecule has 0 saturated carbocycles. The number of benzene rings is 1. The van der Waals surface area contributed by atoms with Gasteiger partial charge in [-0.15, -0.1) is 0 Å². The molecule has 0 aliphatic carbocycles. The maximum Gasteiger partial charge on any atom is 0.408 e. The highest BCUT2D eigenvalue weighted by atomic mass is 16.6. The van der Waals surface area contributed by atoms with E-state index in [2.05, 4.69) is 34.5 Å². The van der Waals surface area contributed by atoms with Crippen LogP contribution in [-0.2, 0) is 20.8 Å². The minimum absolute atomic E-state index is 0.224. The number of amides is 1. The zero-order valence-electron chi connectivity index (χ0n) is 17.4. The van der Waals surface area contributed by atoms with Gasteiger partial charge in [-0.05, 0) is 52.0 Å². The topological polar surface area (TPSA) is 67.9 Å². The van der Waals surface area contributed by atoms with Gasteiger partial charge < -0.3 is 14.8 Å².